The first-order valence-corrected chi connectivity index (χ1v) is 7.91. The monoisotopic (exact) mass is 331 g/mol. The number of aryl methyl sites for hydroxylation is 1. The van der Waals surface area contributed by atoms with E-state index in [2.05, 4.69) is 10.5 Å². The van der Waals surface area contributed by atoms with Crippen molar-refractivity contribution in [3.8, 4) is 11.5 Å². The largest absolute Gasteiger partial charge is 0.486 e. The van der Waals surface area contributed by atoms with E-state index in [9.17, 15) is 4.79 Å². The molecule has 0 atom stereocenters. The molecule has 1 N–H and O–H groups in total. The Balaban J connectivity index is 1.46. The molecule has 0 unspecified atom stereocenters. The second-order valence-corrected chi connectivity index (χ2v) is 5.74. The van der Waals surface area contributed by atoms with Crippen LogP contribution in [0.1, 0.15) is 17.0 Å². The van der Waals surface area contributed by atoms with Crippen LogP contribution in [0.25, 0.3) is 0 Å². The average molecular weight is 331 g/mol. The van der Waals surface area contributed by atoms with E-state index < -0.39 is 0 Å². The highest BCUT2D eigenvalue weighted by Crippen LogP contribution is 2.30. The van der Waals surface area contributed by atoms with Crippen LogP contribution in [-0.4, -0.2) is 42.9 Å². The summed E-state index contributed by atoms with van der Waals surface area (Å²) in [5.74, 6) is 2.28. The zero-order chi connectivity index (χ0) is 16.9. The molecule has 1 aromatic carbocycles. The van der Waals surface area contributed by atoms with Crippen molar-refractivity contribution in [3.05, 3.63) is 41.3 Å². The summed E-state index contributed by atoms with van der Waals surface area (Å²) in [6, 6.07) is 7.53. The lowest BCUT2D eigenvalue weighted by Crippen LogP contribution is -2.37. The number of hydrogen-bond acceptors (Lipinski definition) is 5. The molecular weight excluding hydrogens is 310 g/mol. The summed E-state index contributed by atoms with van der Waals surface area (Å²) in [6.45, 7) is 3.93. The third kappa shape index (κ3) is 3.98. The van der Waals surface area contributed by atoms with Gasteiger partial charge in [-0.05, 0) is 31.0 Å². The Bertz CT molecular complexity index is 714. The molecule has 128 valence electrons. The van der Waals surface area contributed by atoms with Crippen molar-refractivity contribution >= 4 is 6.03 Å². The third-order valence-corrected chi connectivity index (χ3v) is 3.72. The first-order valence-electron chi connectivity index (χ1n) is 7.91. The van der Waals surface area contributed by atoms with Gasteiger partial charge in [-0.1, -0.05) is 11.2 Å². The molecule has 0 saturated heterocycles. The number of rotatable bonds is 5. The van der Waals surface area contributed by atoms with E-state index >= 15 is 0 Å². The van der Waals surface area contributed by atoms with Crippen LogP contribution in [-0.2, 0) is 13.0 Å². The number of aromatic nitrogens is 1. The molecule has 3 rings (SSSR count). The van der Waals surface area contributed by atoms with Crippen LogP contribution < -0.4 is 14.8 Å². The van der Waals surface area contributed by atoms with Crippen molar-refractivity contribution < 1.29 is 18.8 Å². The standard InChI is InChI=1S/C17H21N3O4/c1-12-9-14(19-24-12)11-20(2)17(21)18-6-5-13-3-4-15-16(10-13)23-8-7-22-15/h3-4,9-10H,5-8,11H2,1-2H3,(H,18,21). The van der Waals surface area contributed by atoms with Crippen molar-refractivity contribution in [1.82, 2.24) is 15.4 Å². The maximum Gasteiger partial charge on any atom is 0.317 e. The van der Waals surface area contributed by atoms with Crippen LogP contribution in [0.3, 0.4) is 0 Å². The number of carbonyl (C=O) groups excluding carboxylic acids is 1. The van der Waals surface area contributed by atoms with E-state index in [1.54, 1.807) is 11.9 Å². The summed E-state index contributed by atoms with van der Waals surface area (Å²) < 4.78 is 16.1. The summed E-state index contributed by atoms with van der Waals surface area (Å²) in [4.78, 5) is 13.7. The molecule has 7 nitrogen and oxygen atoms in total. The number of benzene rings is 1. The van der Waals surface area contributed by atoms with Gasteiger partial charge >= 0.3 is 6.03 Å². The van der Waals surface area contributed by atoms with Crippen LogP contribution in [0.2, 0.25) is 0 Å². The van der Waals surface area contributed by atoms with E-state index in [0.29, 0.717) is 26.3 Å². The van der Waals surface area contributed by atoms with Gasteiger partial charge in [0.2, 0.25) is 0 Å². The Kier molecular flexibility index (Phi) is 4.88. The van der Waals surface area contributed by atoms with Gasteiger partial charge in [0, 0.05) is 19.7 Å². The predicted molar refractivity (Wildman–Crippen MR) is 87.2 cm³/mol. The Morgan fingerprint density at radius 3 is 2.79 bits per heavy atom. The molecule has 0 fully saturated rings. The number of hydrogen-bond donors (Lipinski definition) is 1. The molecule has 2 heterocycles. The third-order valence-electron chi connectivity index (χ3n) is 3.72. The highest BCUT2D eigenvalue weighted by molar-refractivity contribution is 5.73. The molecule has 1 aromatic heterocycles. The zero-order valence-corrected chi connectivity index (χ0v) is 13.9. The number of nitrogens with one attached hydrogen (secondary N) is 1. The van der Waals surface area contributed by atoms with Crippen molar-refractivity contribution in [2.24, 2.45) is 0 Å². The normalized spacial score (nSPS) is 12.8. The van der Waals surface area contributed by atoms with Crippen LogP contribution >= 0.6 is 0 Å². The number of urea groups is 1. The quantitative estimate of drug-likeness (QED) is 0.908. The highest BCUT2D eigenvalue weighted by atomic mass is 16.6. The fourth-order valence-corrected chi connectivity index (χ4v) is 2.50. The summed E-state index contributed by atoms with van der Waals surface area (Å²) in [5, 5.41) is 6.78. The number of ether oxygens (including phenoxy) is 2. The van der Waals surface area contributed by atoms with Gasteiger partial charge in [-0.2, -0.15) is 0 Å². The van der Waals surface area contributed by atoms with E-state index in [4.69, 9.17) is 14.0 Å². The van der Waals surface area contributed by atoms with Crippen molar-refractivity contribution in [2.75, 3.05) is 26.8 Å². The second-order valence-electron chi connectivity index (χ2n) is 5.74. The predicted octanol–water partition coefficient (Wildman–Crippen LogP) is 2.14. The van der Waals surface area contributed by atoms with Gasteiger partial charge in [0.05, 0.1) is 6.54 Å². The van der Waals surface area contributed by atoms with Crippen LogP contribution in [0.4, 0.5) is 4.79 Å². The lowest BCUT2D eigenvalue weighted by Gasteiger charge is -2.19. The number of amides is 2. The van der Waals surface area contributed by atoms with Gasteiger partial charge in [0.25, 0.3) is 0 Å². The fraction of sp³-hybridized carbons (Fsp3) is 0.412. The topological polar surface area (TPSA) is 76.8 Å². The molecule has 1 aliphatic rings. The maximum atomic E-state index is 12.1. The Morgan fingerprint density at radius 1 is 1.25 bits per heavy atom. The summed E-state index contributed by atoms with van der Waals surface area (Å²) in [5.41, 5.74) is 1.83. The smallest absolute Gasteiger partial charge is 0.317 e. The van der Waals surface area contributed by atoms with Gasteiger partial charge in [0.15, 0.2) is 11.5 Å². The van der Waals surface area contributed by atoms with E-state index in [1.807, 2.05) is 31.2 Å². The number of fused-ring (bicyclic) bond motifs is 1. The van der Waals surface area contributed by atoms with Crippen molar-refractivity contribution in [3.63, 3.8) is 0 Å². The van der Waals surface area contributed by atoms with Crippen LogP contribution in [0, 0.1) is 6.92 Å². The second kappa shape index (κ2) is 7.25. The minimum absolute atomic E-state index is 0.145. The maximum absolute atomic E-state index is 12.1. The first kappa shape index (κ1) is 16.2. The van der Waals surface area contributed by atoms with Crippen LogP contribution in [0.15, 0.2) is 28.8 Å². The fourth-order valence-electron chi connectivity index (χ4n) is 2.50. The van der Waals surface area contributed by atoms with Crippen molar-refractivity contribution in [1.29, 1.82) is 0 Å². The number of nitrogens with zero attached hydrogens (tertiary/aromatic N) is 2. The minimum atomic E-state index is -0.145. The molecule has 7 heteroatoms. The van der Waals surface area contributed by atoms with Gasteiger partial charge in [-0.25, -0.2) is 4.79 Å². The van der Waals surface area contributed by atoms with Gasteiger partial charge in [-0.15, -0.1) is 0 Å². The molecule has 0 aliphatic carbocycles. The molecule has 24 heavy (non-hydrogen) atoms. The molecule has 1 aliphatic heterocycles. The molecule has 2 aromatic rings. The molecule has 0 bridgehead atoms. The lowest BCUT2D eigenvalue weighted by atomic mass is 10.1. The summed E-state index contributed by atoms with van der Waals surface area (Å²) >= 11 is 0. The van der Waals surface area contributed by atoms with E-state index in [0.717, 1.165) is 34.9 Å². The molecule has 0 radical (unpaired) electrons. The molecular formula is C17H21N3O4. The molecule has 0 spiro atoms. The van der Waals surface area contributed by atoms with Crippen LogP contribution in [0.5, 0.6) is 11.5 Å². The van der Waals surface area contributed by atoms with E-state index in [-0.39, 0.29) is 6.03 Å². The summed E-state index contributed by atoms with van der Waals surface area (Å²) in [6.07, 6.45) is 0.722. The molecule has 2 amide bonds. The zero-order valence-electron chi connectivity index (χ0n) is 13.9. The average Bonchev–Trinajstić information content (AvgIpc) is 2.99. The minimum Gasteiger partial charge on any atom is -0.486 e. The number of carbonyl (C=O) groups is 1. The van der Waals surface area contributed by atoms with E-state index in [1.165, 1.54) is 0 Å². The Labute approximate surface area is 140 Å². The SMILES string of the molecule is Cc1cc(CN(C)C(=O)NCCc2ccc3c(c2)OCCO3)no1. The van der Waals surface area contributed by atoms with Crippen molar-refractivity contribution in [2.45, 2.75) is 19.9 Å². The Hall–Kier alpha value is -2.70. The Morgan fingerprint density at radius 2 is 2.04 bits per heavy atom. The lowest BCUT2D eigenvalue weighted by molar-refractivity contribution is 0.171. The summed E-state index contributed by atoms with van der Waals surface area (Å²) in [7, 11) is 1.73. The highest BCUT2D eigenvalue weighted by Gasteiger charge is 2.13. The van der Waals surface area contributed by atoms with Gasteiger partial charge < -0.3 is 24.2 Å². The van der Waals surface area contributed by atoms with Gasteiger partial charge in [0.1, 0.15) is 24.7 Å². The molecule has 0 saturated carbocycles. The van der Waals surface area contributed by atoms with Gasteiger partial charge in [-0.3, -0.25) is 0 Å². The first-order chi connectivity index (χ1) is 11.6.